The van der Waals surface area contributed by atoms with Crippen LogP contribution < -0.4 is 15.6 Å². The Labute approximate surface area is 194 Å². The largest absolute Gasteiger partial charge is 0.491 e. The van der Waals surface area contributed by atoms with Crippen LogP contribution in [0.2, 0.25) is 0 Å². The lowest BCUT2D eigenvalue weighted by molar-refractivity contribution is -0.240. The Morgan fingerprint density at radius 2 is 1.91 bits per heavy atom. The summed E-state index contributed by atoms with van der Waals surface area (Å²) in [4.78, 5) is 44.2. The number of para-hydroxylation sites is 1. The van der Waals surface area contributed by atoms with E-state index in [9.17, 15) is 27.6 Å². The Hall–Kier alpha value is -4.61. The molecule has 9 nitrogen and oxygen atoms in total. The molecule has 0 bridgehead atoms. The molecule has 0 spiro atoms. The number of hydrogen-bond acceptors (Lipinski definition) is 6. The fourth-order valence-electron chi connectivity index (χ4n) is 3.87. The third kappa shape index (κ3) is 3.50. The van der Waals surface area contributed by atoms with Crippen LogP contribution in [0.1, 0.15) is 5.69 Å². The molecule has 1 aromatic carbocycles. The number of benzene rings is 1. The van der Waals surface area contributed by atoms with Crippen LogP contribution in [0.15, 0.2) is 65.8 Å². The average Bonchev–Trinajstić information content (AvgIpc) is 3.32. The lowest BCUT2D eigenvalue weighted by Gasteiger charge is -2.36. The highest BCUT2D eigenvalue weighted by atomic mass is 19.4. The van der Waals surface area contributed by atoms with Gasteiger partial charge in [0.05, 0.1) is 5.69 Å². The van der Waals surface area contributed by atoms with Crippen molar-refractivity contribution in [2.75, 3.05) is 5.32 Å². The number of aryl methyl sites for hydroxylation is 1. The number of nitrogens with one attached hydrogen (secondary N) is 2. The quantitative estimate of drug-likeness (QED) is 0.432. The van der Waals surface area contributed by atoms with Crippen LogP contribution in [0.3, 0.4) is 0 Å². The summed E-state index contributed by atoms with van der Waals surface area (Å²) in [5, 5.41) is 2.97. The van der Waals surface area contributed by atoms with Gasteiger partial charge < -0.3 is 24.3 Å². The molecule has 1 unspecified atom stereocenters. The third-order valence-electron chi connectivity index (χ3n) is 5.46. The van der Waals surface area contributed by atoms with E-state index in [0.717, 1.165) is 0 Å². The monoisotopic (exact) mass is 484 g/mol. The first-order chi connectivity index (χ1) is 16.6. The molecule has 12 heteroatoms. The van der Waals surface area contributed by atoms with Gasteiger partial charge in [-0.1, -0.05) is 18.2 Å². The first-order valence-electron chi connectivity index (χ1n) is 10.1. The van der Waals surface area contributed by atoms with Crippen LogP contribution in [-0.4, -0.2) is 32.6 Å². The van der Waals surface area contributed by atoms with E-state index in [1.807, 2.05) is 0 Å². The number of rotatable bonds is 3. The highest BCUT2D eigenvalue weighted by Crippen LogP contribution is 2.46. The van der Waals surface area contributed by atoms with Gasteiger partial charge in [-0.15, -0.1) is 0 Å². The number of ether oxygens (including phenoxy) is 2. The summed E-state index contributed by atoms with van der Waals surface area (Å²) in [7, 11) is 1.54. The molecule has 1 aliphatic heterocycles. The second-order valence-electron chi connectivity index (χ2n) is 7.68. The molecule has 5 rings (SSSR count). The van der Waals surface area contributed by atoms with Gasteiger partial charge in [0.1, 0.15) is 11.2 Å². The van der Waals surface area contributed by atoms with E-state index >= 15 is 0 Å². The fourth-order valence-corrected chi connectivity index (χ4v) is 3.87. The van der Waals surface area contributed by atoms with Gasteiger partial charge in [0, 0.05) is 42.2 Å². The van der Waals surface area contributed by atoms with Gasteiger partial charge in [-0.05, 0) is 24.3 Å². The number of H-pyrrole nitrogens is 1. The van der Waals surface area contributed by atoms with Crippen LogP contribution in [0.4, 0.5) is 18.9 Å². The summed E-state index contributed by atoms with van der Waals surface area (Å²) in [6.07, 6.45) is -1.10. The number of nitrogens with zero attached hydrogens (tertiary/aromatic N) is 2. The van der Waals surface area contributed by atoms with E-state index in [0.29, 0.717) is 22.0 Å². The van der Waals surface area contributed by atoms with Crippen molar-refractivity contribution in [1.29, 1.82) is 0 Å². The van der Waals surface area contributed by atoms with Crippen molar-refractivity contribution >= 4 is 28.5 Å². The summed E-state index contributed by atoms with van der Waals surface area (Å²) < 4.78 is 51.3. The molecule has 0 saturated heterocycles. The van der Waals surface area contributed by atoms with E-state index in [1.54, 1.807) is 24.4 Å². The van der Waals surface area contributed by atoms with Crippen LogP contribution >= 0.6 is 0 Å². The van der Waals surface area contributed by atoms with E-state index in [2.05, 4.69) is 20.0 Å². The number of anilines is 1. The van der Waals surface area contributed by atoms with Crippen molar-refractivity contribution in [1.82, 2.24) is 14.5 Å². The Morgan fingerprint density at radius 1 is 1.11 bits per heavy atom. The Bertz CT molecular complexity index is 1540. The summed E-state index contributed by atoms with van der Waals surface area (Å²) in [6.45, 7) is 0. The maximum absolute atomic E-state index is 13.2. The second kappa shape index (κ2) is 7.72. The van der Waals surface area contributed by atoms with Gasteiger partial charge in [0.25, 0.3) is 5.56 Å². The predicted octanol–water partition coefficient (Wildman–Crippen LogP) is 3.22. The minimum atomic E-state index is -5.40. The number of hydrogen-bond donors (Lipinski definition) is 2. The molecule has 4 heterocycles. The van der Waals surface area contributed by atoms with Crippen LogP contribution in [0.5, 0.6) is 5.75 Å². The molecule has 1 aliphatic rings. The molecule has 0 fully saturated rings. The fraction of sp³-hybridized carbons (Fsp3) is 0.130. The molecule has 178 valence electrons. The molecule has 1 amide bonds. The van der Waals surface area contributed by atoms with Crippen molar-refractivity contribution in [3.8, 4) is 16.9 Å². The van der Waals surface area contributed by atoms with Gasteiger partial charge in [-0.2, -0.15) is 13.2 Å². The Morgan fingerprint density at radius 3 is 2.63 bits per heavy atom. The number of amides is 1. The lowest BCUT2D eigenvalue weighted by atomic mass is 9.99. The van der Waals surface area contributed by atoms with Crippen LogP contribution in [0.25, 0.3) is 22.0 Å². The molecule has 2 N–H and O–H groups in total. The van der Waals surface area contributed by atoms with Gasteiger partial charge in [-0.25, -0.2) is 4.79 Å². The van der Waals surface area contributed by atoms with Crippen molar-refractivity contribution in [2.45, 2.75) is 12.0 Å². The highest BCUT2D eigenvalue weighted by Gasteiger charge is 2.56. The molecule has 0 radical (unpaired) electrons. The molecule has 4 aromatic rings. The SMILES string of the molecule is Cn1cc(-c2cccc3c2OC(OC(=O)C(F)(F)F)(c2ccccn2)C(=O)N3)c2cc[nH]c2c1=O. The van der Waals surface area contributed by atoms with Gasteiger partial charge in [-0.3, -0.25) is 14.6 Å². The zero-order chi connectivity index (χ0) is 25.0. The number of halogens is 3. The molecule has 0 saturated carbocycles. The number of fused-ring (bicyclic) bond motifs is 2. The summed E-state index contributed by atoms with van der Waals surface area (Å²) in [5.74, 6) is -6.75. The standard InChI is InChI=1S/C23H15F3N4O5/c1-30-11-14(12-8-10-28-17(12)19(30)31)13-5-4-6-15-18(13)34-22(20(32)29-15,16-7-2-3-9-27-16)35-21(33)23(24,25)26/h2-11,28H,1H3,(H,29,32). The van der Waals surface area contributed by atoms with E-state index in [-0.39, 0.29) is 22.7 Å². The number of pyridine rings is 2. The van der Waals surface area contributed by atoms with Gasteiger partial charge >= 0.3 is 23.8 Å². The molecular formula is C23H15F3N4O5. The van der Waals surface area contributed by atoms with E-state index < -0.39 is 23.8 Å². The molecule has 0 aliphatic carbocycles. The third-order valence-corrected chi connectivity index (χ3v) is 5.46. The molecule has 1 atom stereocenters. The second-order valence-corrected chi connectivity index (χ2v) is 7.68. The average molecular weight is 484 g/mol. The van der Waals surface area contributed by atoms with Crippen molar-refractivity contribution in [3.63, 3.8) is 0 Å². The van der Waals surface area contributed by atoms with Crippen molar-refractivity contribution < 1.29 is 32.2 Å². The van der Waals surface area contributed by atoms with Crippen LogP contribution in [-0.2, 0) is 27.2 Å². The number of alkyl halides is 3. The smallest absolute Gasteiger partial charge is 0.437 e. The van der Waals surface area contributed by atoms with E-state index in [4.69, 9.17) is 4.74 Å². The maximum Gasteiger partial charge on any atom is 0.491 e. The number of carbonyl (C=O) groups is 2. The van der Waals surface area contributed by atoms with Crippen LogP contribution in [0, 0.1) is 0 Å². The first kappa shape index (κ1) is 22.2. The predicted molar refractivity (Wildman–Crippen MR) is 116 cm³/mol. The number of aromatic amines is 1. The summed E-state index contributed by atoms with van der Waals surface area (Å²) in [6, 6.07) is 10.4. The zero-order valence-electron chi connectivity index (χ0n) is 17.8. The highest BCUT2D eigenvalue weighted by molar-refractivity contribution is 6.04. The summed E-state index contributed by atoms with van der Waals surface area (Å²) >= 11 is 0. The topological polar surface area (TPSA) is 115 Å². The number of carbonyl (C=O) groups excluding carboxylic acids is 2. The van der Waals surface area contributed by atoms with Gasteiger partial charge in [0.15, 0.2) is 5.75 Å². The van der Waals surface area contributed by atoms with E-state index in [1.165, 1.54) is 48.3 Å². The van der Waals surface area contributed by atoms with Crippen molar-refractivity contribution in [2.24, 2.45) is 7.05 Å². The minimum absolute atomic E-state index is 0.0751. The Balaban J connectivity index is 1.74. The number of esters is 1. The number of aromatic nitrogens is 3. The molecule has 35 heavy (non-hydrogen) atoms. The lowest BCUT2D eigenvalue weighted by Crippen LogP contribution is -2.53. The summed E-state index contributed by atoms with van der Waals surface area (Å²) in [5.41, 5.74) is 0.554. The first-order valence-corrected chi connectivity index (χ1v) is 10.1. The normalized spacial score (nSPS) is 17.4. The Kier molecular flexibility index (Phi) is 4.90. The zero-order valence-corrected chi connectivity index (χ0v) is 17.8. The molecule has 3 aromatic heterocycles. The maximum atomic E-state index is 13.2. The van der Waals surface area contributed by atoms with Crippen molar-refractivity contribution in [3.05, 3.63) is 77.1 Å². The van der Waals surface area contributed by atoms with Gasteiger partial charge in [0.2, 0.25) is 0 Å². The minimum Gasteiger partial charge on any atom is -0.437 e. The molecular weight excluding hydrogens is 469 g/mol.